The van der Waals surface area contributed by atoms with E-state index in [1.807, 2.05) is 51.5 Å². The number of hydrogen-bond donors (Lipinski definition) is 1. The highest BCUT2D eigenvalue weighted by molar-refractivity contribution is 5.16. The van der Waals surface area contributed by atoms with Crippen LogP contribution in [0, 0.1) is 0 Å². The fraction of sp³-hybridized carbons (Fsp3) is 0.700. The summed E-state index contributed by atoms with van der Waals surface area (Å²) in [6.45, 7) is 3.12. The van der Waals surface area contributed by atoms with E-state index in [-0.39, 0.29) is 36.1 Å². The summed E-state index contributed by atoms with van der Waals surface area (Å²) >= 11 is 0. The van der Waals surface area contributed by atoms with Crippen molar-refractivity contribution >= 4 is 0 Å². The van der Waals surface area contributed by atoms with Gasteiger partial charge >= 0.3 is 0 Å². The summed E-state index contributed by atoms with van der Waals surface area (Å²) in [5.74, 6) is 0. The van der Waals surface area contributed by atoms with Crippen LogP contribution < -0.4 is 24.0 Å². The Balaban J connectivity index is 0.00000261. The third-order valence-electron chi connectivity index (χ3n) is 5.08. The van der Waals surface area contributed by atoms with Gasteiger partial charge in [-0.3, -0.25) is 0 Å². The second-order valence-electron chi connectivity index (χ2n) is 8.04. The van der Waals surface area contributed by atoms with Gasteiger partial charge in [-0.15, -0.1) is 0 Å². The number of fused-ring (bicyclic) bond motifs is 1. The number of benzene rings is 1. The summed E-state index contributed by atoms with van der Waals surface area (Å²) in [4.78, 5) is 0. The van der Waals surface area contributed by atoms with Gasteiger partial charge in [0.2, 0.25) is 6.29 Å². The zero-order chi connectivity index (χ0) is 18.7. The SMILES string of the molecule is CCCCOC1OC2COC(c3ccccc3)O[C@@H]2C(O)[C@@H]1[N+](C)(C)C.[I-]. The van der Waals surface area contributed by atoms with E-state index in [1.165, 1.54) is 0 Å². The Labute approximate surface area is 179 Å². The second kappa shape index (κ2) is 9.96. The molecule has 2 aliphatic heterocycles. The summed E-state index contributed by atoms with van der Waals surface area (Å²) < 4.78 is 24.7. The van der Waals surface area contributed by atoms with Crippen molar-refractivity contribution in [3.8, 4) is 0 Å². The van der Waals surface area contributed by atoms with Crippen molar-refractivity contribution in [2.24, 2.45) is 0 Å². The number of unbranched alkanes of at least 4 members (excludes halogenated alkanes) is 1. The first-order valence-corrected chi connectivity index (χ1v) is 9.50. The van der Waals surface area contributed by atoms with Crippen molar-refractivity contribution in [3.05, 3.63) is 35.9 Å². The summed E-state index contributed by atoms with van der Waals surface area (Å²) in [6, 6.07) is 9.56. The highest BCUT2D eigenvalue weighted by Gasteiger charge is 2.54. The molecule has 0 amide bonds. The van der Waals surface area contributed by atoms with E-state index in [0.717, 1.165) is 18.4 Å². The molecule has 2 fully saturated rings. The number of aliphatic hydroxyl groups excluding tert-OH is 1. The molecule has 1 aromatic rings. The van der Waals surface area contributed by atoms with Gasteiger partial charge in [0.25, 0.3) is 0 Å². The largest absolute Gasteiger partial charge is 1.00 e. The normalized spacial score (nSPS) is 33.8. The van der Waals surface area contributed by atoms with Crippen LogP contribution in [0.3, 0.4) is 0 Å². The molecule has 2 aliphatic rings. The number of ether oxygens (including phenoxy) is 4. The van der Waals surface area contributed by atoms with Gasteiger partial charge in [0.15, 0.2) is 12.3 Å². The molecule has 7 heteroatoms. The summed E-state index contributed by atoms with van der Waals surface area (Å²) in [5.41, 5.74) is 0.946. The minimum atomic E-state index is -0.699. The Morgan fingerprint density at radius 3 is 2.48 bits per heavy atom. The minimum absolute atomic E-state index is 0. The highest BCUT2D eigenvalue weighted by Crippen LogP contribution is 2.36. The fourth-order valence-electron chi connectivity index (χ4n) is 3.66. The van der Waals surface area contributed by atoms with Gasteiger partial charge in [0.1, 0.15) is 18.3 Å². The van der Waals surface area contributed by atoms with Gasteiger partial charge < -0.3 is 52.5 Å². The number of halogens is 1. The molecule has 0 spiro atoms. The van der Waals surface area contributed by atoms with Gasteiger partial charge in [-0.05, 0) is 6.42 Å². The molecule has 2 saturated heterocycles. The van der Waals surface area contributed by atoms with Crippen molar-refractivity contribution in [1.29, 1.82) is 0 Å². The van der Waals surface area contributed by atoms with Crippen LogP contribution in [-0.4, -0.2) is 74.6 Å². The summed E-state index contributed by atoms with van der Waals surface area (Å²) in [5, 5.41) is 11.1. The Hall–Kier alpha value is -0.290. The molecule has 27 heavy (non-hydrogen) atoms. The maximum absolute atomic E-state index is 11.1. The van der Waals surface area contributed by atoms with Crippen LogP contribution in [0.1, 0.15) is 31.6 Å². The molecule has 0 aromatic heterocycles. The first-order valence-electron chi connectivity index (χ1n) is 9.50. The molecule has 0 saturated carbocycles. The molecule has 3 rings (SSSR count). The van der Waals surface area contributed by atoms with Crippen LogP contribution >= 0.6 is 0 Å². The monoisotopic (exact) mass is 493 g/mol. The molecule has 2 heterocycles. The Morgan fingerprint density at radius 1 is 1.15 bits per heavy atom. The van der Waals surface area contributed by atoms with Gasteiger partial charge in [-0.2, -0.15) is 0 Å². The Bertz CT molecular complexity index is 567. The van der Waals surface area contributed by atoms with Crippen LogP contribution in [0.2, 0.25) is 0 Å². The number of nitrogens with zero attached hydrogens (tertiary/aromatic N) is 1. The van der Waals surface area contributed by atoms with E-state index in [1.54, 1.807) is 0 Å². The molecule has 154 valence electrons. The molecule has 6 nitrogen and oxygen atoms in total. The molecule has 0 bridgehead atoms. The minimum Gasteiger partial charge on any atom is -1.00 e. The van der Waals surface area contributed by atoms with E-state index in [4.69, 9.17) is 18.9 Å². The van der Waals surface area contributed by atoms with E-state index in [0.29, 0.717) is 17.7 Å². The van der Waals surface area contributed by atoms with Gasteiger partial charge in [0, 0.05) is 12.2 Å². The molecule has 0 aliphatic carbocycles. The second-order valence-corrected chi connectivity index (χ2v) is 8.04. The zero-order valence-electron chi connectivity index (χ0n) is 16.6. The smallest absolute Gasteiger partial charge is 0.213 e. The summed E-state index contributed by atoms with van der Waals surface area (Å²) in [7, 11) is 6.13. The van der Waals surface area contributed by atoms with Crippen molar-refractivity contribution in [3.63, 3.8) is 0 Å². The van der Waals surface area contributed by atoms with Crippen LogP contribution in [-0.2, 0) is 18.9 Å². The lowest BCUT2D eigenvalue weighted by Gasteiger charge is -2.51. The van der Waals surface area contributed by atoms with Crippen molar-refractivity contribution in [1.82, 2.24) is 0 Å². The van der Waals surface area contributed by atoms with Gasteiger partial charge in [-0.1, -0.05) is 43.7 Å². The molecule has 1 N–H and O–H groups in total. The van der Waals surface area contributed by atoms with Crippen LogP contribution in [0.4, 0.5) is 0 Å². The topological polar surface area (TPSA) is 57.2 Å². The number of likely N-dealkylation sites (N-methyl/N-ethyl adjacent to an activating group) is 1. The standard InChI is InChI=1S/C20H32NO5.HI/c1-5-6-12-23-20-16(21(2,3)4)17(22)18-15(25-20)13-24-19(26-18)14-10-8-7-9-11-14;/h7-11,15-20,22H,5-6,12-13H2,1-4H3;1H/q+1;/p-1/t15?,16-,17?,18-,19?,20?;/m0./s1. The van der Waals surface area contributed by atoms with Gasteiger partial charge in [-0.25, -0.2) is 0 Å². The maximum atomic E-state index is 11.1. The summed E-state index contributed by atoms with van der Waals surface area (Å²) in [6.07, 6.45) is -0.407. The highest BCUT2D eigenvalue weighted by atomic mass is 127. The van der Waals surface area contributed by atoms with E-state index < -0.39 is 24.8 Å². The van der Waals surface area contributed by atoms with Gasteiger partial charge in [0.05, 0.1) is 27.7 Å². The first kappa shape index (κ1) is 23.0. The predicted molar refractivity (Wildman–Crippen MR) is 97.4 cm³/mol. The molecule has 4 unspecified atom stereocenters. The molecular formula is C20H32INO5. The lowest BCUT2D eigenvalue weighted by atomic mass is 9.94. The van der Waals surface area contributed by atoms with E-state index >= 15 is 0 Å². The lowest BCUT2D eigenvalue weighted by molar-refractivity contribution is -0.910. The van der Waals surface area contributed by atoms with E-state index in [9.17, 15) is 5.11 Å². The quantitative estimate of drug-likeness (QED) is 0.316. The van der Waals surface area contributed by atoms with Crippen molar-refractivity contribution < 1.29 is 52.5 Å². The van der Waals surface area contributed by atoms with Crippen LogP contribution in [0.25, 0.3) is 0 Å². The van der Waals surface area contributed by atoms with E-state index in [2.05, 4.69) is 6.92 Å². The Kier molecular flexibility index (Phi) is 8.48. The lowest BCUT2D eigenvalue weighted by Crippen LogP contribution is -3.00. The van der Waals surface area contributed by atoms with Crippen molar-refractivity contribution in [2.75, 3.05) is 34.4 Å². The molecule has 6 atom stereocenters. The van der Waals surface area contributed by atoms with Crippen LogP contribution in [0.15, 0.2) is 30.3 Å². The third kappa shape index (κ3) is 5.41. The Morgan fingerprint density at radius 2 is 1.85 bits per heavy atom. The molecule has 1 aromatic carbocycles. The predicted octanol–water partition coefficient (Wildman–Crippen LogP) is -0.918. The third-order valence-corrected chi connectivity index (χ3v) is 5.08. The van der Waals surface area contributed by atoms with Crippen LogP contribution in [0.5, 0.6) is 0 Å². The first-order chi connectivity index (χ1) is 12.4. The fourth-order valence-corrected chi connectivity index (χ4v) is 3.66. The molecule has 0 radical (unpaired) electrons. The number of aliphatic hydroxyl groups is 1. The number of hydrogen-bond acceptors (Lipinski definition) is 5. The average molecular weight is 493 g/mol. The number of rotatable bonds is 6. The zero-order valence-corrected chi connectivity index (χ0v) is 18.7. The average Bonchev–Trinajstić information content (AvgIpc) is 2.61. The number of quaternary nitrogens is 1. The van der Waals surface area contributed by atoms with Crippen molar-refractivity contribution in [2.45, 2.75) is 56.7 Å². The molecular weight excluding hydrogens is 461 g/mol. The maximum Gasteiger partial charge on any atom is 0.213 e.